The molecule has 116 valence electrons. The fraction of sp³-hybridized carbons (Fsp3) is 0.750. The van der Waals surface area contributed by atoms with Crippen molar-refractivity contribution in [2.24, 2.45) is 0 Å². The quantitative estimate of drug-likeness (QED) is 0.676. The molecule has 0 aromatic heterocycles. The van der Waals surface area contributed by atoms with E-state index >= 15 is 0 Å². The Kier molecular flexibility index (Phi) is 8.63. The molecule has 6 heteroatoms. The molecule has 0 unspecified atom stereocenters. The van der Waals surface area contributed by atoms with Crippen molar-refractivity contribution in [2.75, 3.05) is 26.2 Å². The number of nitriles is 4. The average Bonchev–Trinajstić information content (AvgIpc) is 2.55. The molecule has 1 aliphatic rings. The maximum absolute atomic E-state index is 8.94. The van der Waals surface area contributed by atoms with Gasteiger partial charge in [0, 0.05) is 51.1 Å². The standard InChI is InChI=1S/C16H22N6/c17-7-1-3-15(5-9-19)21-11-13-22(14-12-21)16(6-10-20)4-2-8-18/h15-16H,1-6,11-14H2/t15-,16-/m0/s1. The van der Waals surface area contributed by atoms with Crippen LogP contribution in [0.25, 0.3) is 0 Å². The highest BCUT2D eigenvalue weighted by atomic mass is 15.3. The van der Waals surface area contributed by atoms with E-state index < -0.39 is 0 Å². The van der Waals surface area contributed by atoms with Gasteiger partial charge in [0.1, 0.15) is 0 Å². The molecular weight excluding hydrogens is 276 g/mol. The van der Waals surface area contributed by atoms with Gasteiger partial charge in [0.2, 0.25) is 0 Å². The maximum atomic E-state index is 8.94. The number of rotatable bonds is 8. The van der Waals surface area contributed by atoms with Gasteiger partial charge in [-0.2, -0.15) is 21.0 Å². The second-order valence-corrected chi connectivity index (χ2v) is 5.50. The Morgan fingerprint density at radius 2 is 1.00 bits per heavy atom. The molecule has 0 aromatic rings. The van der Waals surface area contributed by atoms with Gasteiger partial charge in [0.15, 0.2) is 0 Å². The van der Waals surface area contributed by atoms with Crippen LogP contribution in [0.2, 0.25) is 0 Å². The third kappa shape index (κ3) is 5.71. The second-order valence-electron chi connectivity index (χ2n) is 5.50. The van der Waals surface area contributed by atoms with Gasteiger partial charge in [0.25, 0.3) is 0 Å². The van der Waals surface area contributed by atoms with Crippen LogP contribution in [0.1, 0.15) is 38.5 Å². The molecule has 22 heavy (non-hydrogen) atoms. The molecule has 0 aromatic carbocycles. The average molecular weight is 298 g/mol. The molecule has 1 saturated heterocycles. The molecule has 6 nitrogen and oxygen atoms in total. The van der Waals surface area contributed by atoms with E-state index in [0.717, 1.165) is 39.0 Å². The lowest BCUT2D eigenvalue weighted by Gasteiger charge is -2.41. The maximum Gasteiger partial charge on any atom is 0.0638 e. The molecule has 1 aliphatic heterocycles. The van der Waals surface area contributed by atoms with Crippen molar-refractivity contribution in [3.63, 3.8) is 0 Å². The first-order valence-corrected chi connectivity index (χ1v) is 7.72. The van der Waals surface area contributed by atoms with E-state index in [0.29, 0.717) is 25.7 Å². The summed E-state index contributed by atoms with van der Waals surface area (Å²) in [6.45, 7) is 3.41. The fourth-order valence-electron chi connectivity index (χ4n) is 2.97. The Morgan fingerprint density at radius 3 is 1.27 bits per heavy atom. The highest BCUT2D eigenvalue weighted by Crippen LogP contribution is 2.18. The molecule has 1 fully saturated rings. The van der Waals surface area contributed by atoms with Crippen LogP contribution in [-0.2, 0) is 0 Å². The van der Waals surface area contributed by atoms with Crippen molar-refractivity contribution in [3.05, 3.63) is 0 Å². The van der Waals surface area contributed by atoms with Crippen LogP contribution in [0, 0.1) is 45.3 Å². The van der Waals surface area contributed by atoms with Crippen LogP contribution in [-0.4, -0.2) is 48.1 Å². The molecule has 1 rings (SSSR count). The van der Waals surface area contributed by atoms with Gasteiger partial charge in [0.05, 0.1) is 37.1 Å². The minimum absolute atomic E-state index is 0.153. The molecule has 0 amide bonds. The number of piperazine rings is 1. The summed E-state index contributed by atoms with van der Waals surface area (Å²) in [7, 11) is 0. The van der Waals surface area contributed by atoms with Crippen molar-refractivity contribution in [2.45, 2.75) is 50.6 Å². The first-order chi connectivity index (χ1) is 10.8. The van der Waals surface area contributed by atoms with Gasteiger partial charge in [-0.3, -0.25) is 9.80 Å². The summed E-state index contributed by atoms with van der Waals surface area (Å²) in [5.41, 5.74) is 0. The summed E-state index contributed by atoms with van der Waals surface area (Å²) in [4.78, 5) is 4.57. The van der Waals surface area contributed by atoms with E-state index in [2.05, 4.69) is 34.1 Å². The number of nitrogens with zero attached hydrogens (tertiary/aromatic N) is 6. The number of hydrogen-bond donors (Lipinski definition) is 0. The Morgan fingerprint density at radius 1 is 0.636 bits per heavy atom. The van der Waals surface area contributed by atoms with E-state index in [-0.39, 0.29) is 12.1 Å². The highest BCUT2D eigenvalue weighted by Gasteiger charge is 2.27. The number of hydrogen-bond acceptors (Lipinski definition) is 6. The zero-order valence-corrected chi connectivity index (χ0v) is 12.9. The van der Waals surface area contributed by atoms with Gasteiger partial charge in [-0.25, -0.2) is 0 Å². The summed E-state index contributed by atoms with van der Waals surface area (Å²) in [6, 6.07) is 9.03. The minimum Gasteiger partial charge on any atom is -0.297 e. The molecular formula is C16H22N6. The molecule has 2 atom stereocenters. The summed E-state index contributed by atoms with van der Waals surface area (Å²) >= 11 is 0. The Labute approximate surface area is 132 Å². The zero-order chi connectivity index (χ0) is 16.2. The van der Waals surface area contributed by atoms with E-state index in [1.54, 1.807) is 0 Å². The van der Waals surface area contributed by atoms with Crippen LogP contribution in [0.5, 0.6) is 0 Å². The lowest BCUT2D eigenvalue weighted by Crippen LogP contribution is -2.53. The smallest absolute Gasteiger partial charge is 0.0638 e. The zero-order valence-electron chi connectivity index (χ0n) is 12.9. The molecule has 0 N–H and O–H groups in total. The SMILES string of the molecule is N#CCC[C@@H](CC#N)N1CCN([C@H](CC#N)CCC#N)CC1. The Hall–Kier alpha value is -2.12. The second kappa shape index (κ2) is 10.6. The van der Waals surface area contributed by atoms with Crippen LogP contribution in [0.3, 0.4) is 0 Å². The third-order valence-electron chi connectivity index (χ3n) is 4.21. The minimum atomic E-state index is 0.153. The topological polar surface area (TPSA) is 102 Å². The van der Waals surface area contributed by atoms with Gasteiger partial charge in [-0.15, -0.1) is 0 Å². The largest absolute Gasteiger partial charge is 0.297 e. The van der Waals surface area contributed by atoms with Gasteiger partial charge in [-0.1, -0.05) is 0 Å². The monoisotopic (exact) mass is 298 g/mol. The molecule has 0 saturated carbocycles. The van der Waals surface area contributed by atoms with Crippen LogP contribution in [0.15, 0.2) is 0 Å². The van der Waals surface area contributed by atoms with Crippen molar-refractivity contribution in [1.29, 1.82) is 21.0 Å². The predicted molar refractivity (Wildman–Crippen MR) is 80.9 cm³/mol. The first-order valence-electron chi connectivity index (χ1n) is 7.72. The van der Waals surface area contributed by atoms with Gasteiger partial charge in [-0.05, 0) is 12.8 Å². The van der Waals surface area contributed by atoms with Crippen LogP contribution in [0.4, 0.5) is 0 Å². The normalized spacial score (nSPS) is 18.4. The molecule has 0 aliphatic carbocycles. The lowest BCUT2D eigenvalue weighted by molar-refractivity contribution is 0.0662. The van der Waals surface area contributed by atoms with Crippen LogP contribution >= 0.6 is 0 Å². The van der Waals surface area contributed by atoms with Crippen molar-refractivity contribution < 1.29 is 0 Å². The van der Waals surface area contributed by atoms with E-state index in [4.69, 9.17) is 21.0 Å². The lowest BCUT2D eigenvalue weighted by atomic mass is 10.0. The highest BCUT2D eigenvalue weighted by molar-refractivity contribution is 4.91. The van der Waals surface area contributed by atoms with E-state index in [1.807, 2.05) is 0 Å². The molecule has 0 bridgehead atoms. The Bertz CT molecular complexity index is 435. The first kappa shape index (κ1) is 17.9. The molecule has 0 spiro atoms. The Balaban J connectivity index is 2.53. The van der Waals surface area contributed by atoms with Crippen molar-refractivity contribution in [3.8, 4) is 24.3 Å². The van der Waals surface area contributed by atoms with E-state index in [1.165, 1.54) is 0 Å². The summed E-state index contributed by atoms with van der Waals surface area (Å²) in [5.74, 6) is 0. The summed E-state index contributed by atoms with van der Waals surface area (Å²) < 4.78 is 0. The summed E-state index contributed by atoms with van der Waals surface area (Å²) in [5, 5.41) is 35.3. The summed E-state index contributed by atoms with van der Waals surface area (Å²) in [6.07, 6.45) is 3.34. The van der Waals surface area contributed by atoms with Gasteiger partial charge < -0.3 is 0 Å². The van der Waals surface area contributed by atoms with Crippen molar-refractivity contribution >= 4 is 0 Å². The van der Waals surface area contributed by atoms with Crippen molar-refractivity contribution in [1.82, 2.24) is 9.80 Å². The molecule has 0 radical (unpaired) electrons. The fourth-order valence-corrected chi connectivity index (χ4v) is 2.97. The van der Waals surface area contributed by atoms with Gasteiger partial charge >= 0.3 is 0 Å². The van der Waals surface area contributed by atoms with Crippen LogP contribution < -0.4 is 0 Å². The molecule has 1 heterocycles. The third-order valence-corrected chi connectivity index (χ3v) is 4.21. The van der Waals surface area contributed by atoms with E-state index in [9.17, 15) is 0 Å². The predicted octanol–water partition coefficient (Wildman–Crippen LogP) is 1.78.